The number of hydrogen-bond donors (Lipinski definition) is 0. The summed E-state index contributed by atoms with van der Waals surface area (Å²) in [6.07, 6.45) is 63.2. The molecule has 0 saturated heterocycles. The highest BCUT2D eigenvalue weighted by Crippen LogP contribution is 2.17. The van der Waals surface area contributed by atoms with Crippen molar-refractivity contribution in [3.8, 4) is 0 Å². The fourth-order valence-corrected chi connectivity index (χ4v) is 8.59. The second-order valence-electron chi connectivity index (χ2n) is 19.6. The van der Waals surface area contributed by atoms with Gasteiger partial charge in [-0.15, -0.1) is 0 Å². The summed E-state index contributed by atoms with van der Waals surface area (Å²) >= 11 is 0. The number of ether oxygens (including phenoxy) is 3. The van der Waals surface area contributed by atoms with E-state index in [-0.39, 0.29) is 31.1 Å². The summed E-state index contributed by atoms with van der Waals surface area (Å²) in [7, 11) is 0. The summed E-state index contributed by atoms with van der Waals surface area (Å²) in [5.41, 5.74) is 0. The van der Waals surface area contributed by atoms with Crippen molar-refractivity contribution in [2.75, 3.05) is 13.2 Å². The Morgan fingerprint density at radius 3 is 0.877 bits per heavy atom. The molecular weight excluding hydrogens is 805 g/mol. The van der Waals surface area contributed by atoms with E-state index >= 15 is 0 Å². The van der Waals surface area contributed by atoms with Gasteiger partial charge < -0.3 is 14.2 Å². The maximum absolute atomic E-state index is 12.8. The first kappa shape index (κ1) is 62.9. The molecule has 0 radical (unpaired) electrons. The van der Waals surface area contributed by atoms with Crippen LogP contribution in [-0.2, 0) is 28.6 Å². The van der Waals surface area contributed by atoms with E-state index in [0.717, 1.165) is 70.6 Å². The fraction of sp³-hybridized carbons (Fsp3) is 0.881. The van der Waals surface area contributed by atoms with E-state index in [1.54, 1.807) is 0 Å². The van der Waals surface area contributed by atoms with E-state index in [0.29, 0.717) is 19.3 Å². The van der Waals surface area contributed by atoms with Crippen LogP contribution in [0.2, 0.25) is 0 Å². The molecule has 0 fully saturated rings. The minimum absolute atomic E-state index is 0.0694. The zero-order valence-electron chi connectivity index (χ0n) is 43.8. The standard InChI is InChI=1S/C59H110O6/c1-4-7-10-13-16-19-21-23-25-27-28-29-30-32-33-35-37-40-43-46-49-52-58(61)64-55-56(54-63-57(60)51-48-45-42-39-18-15-12-9-6-3)65-59(62)53-50-47-44-41-38-36-34-31-26-24-22-20-17-14-11-8-5-2/h17,20,24,26,56H,4-16,18-19,21-23,25,27-55H2,1-3H3/b20-17-,26-24-. The summed E-state index contributed by atoms with van der Waals surface area (Å²) in [6.45, 7) is 6.64. The maximum atomic E-state index is 12.8. The van der Waals surface area contributed by atoms with Gasteiger partial charge in [0.25, 0.3) is 0 Å². The van der Waals surface area contributed by atoms with Crippen LogP contribution in [0.4, 0.5) is 0 Å². The zero-order valence-corrected chi connectivity index (χ0v) is 43.8. The maximum Gasteiger partial charge on any atom is 0.306 e. The lowest BCUT2D eigenvalue weighted by molar-refractivity contribution is -0.167. The first-order chi connectivity index (χ1) is 32.0. The fourth-order valence-electron chi connectivity index (χ4n) is 8.59. The van der Waals surface area contributed by atoms with Gasteiger partial charge in [-0.05, 0) is 51.4 Å². The lowest BCUT2D eigenvalue weighted by Gasteiger charge is -2.18. The van der Waals surface area contributed by atoms with E-state index in [2.05, 4.69) is 45.1 Å². The molecule has 0 aromatic carbocycles. The largest absolute Gasteiger partial charge is 0.462 e. The number of esters is 3. The highest BCUT2D eigenvalue weighted by molar-refractivity contribution is 5.71. The normalized spacial score (nSPS) is 12.1. The Bertz CT molecular complexity index is 1050. The predicted molar refractivity (Wildman–Crippen MR) is 279 cm³/mol. The third kappa shape index (κ3) is 52.7. The second kappa shape index (κ2) is 54.5. The van der Waals surface area contributed by atoms with Gasteiger partial charge in [-0.25, -0.2) is 0 Å². The molecule has 0 aliphatic rings. The topological polar surface area (TPSA) is 78.9 Å². The van der Waals surface area contributed by atoms with Crippen molar-refractivity contribution >= 4 is 17.9 Å². The van der Waals surface area contributed by atoms with Gasteiger partial charge in [-0.3, -0.25) is 14.4 Å². The minimum atomic E-state index is -0.769. The Morgan fingerprint density at radius 2 is 0.554 bits per heavy atom. The number of rotatable bonds is 53. The van der Waals surface area contributed by atoms with Crippen LogP contribution in [0.5, 0.6) is 0 Å². The van der Waals surface area contributed by atoms with Crippen molar-refractivity contribution < 1.29 is 28.6 Å². The molecule has 0 spiro atoms. The van der Waals surface area contributed by atoms with Gasteiger partial charge in [0.1, 0.15) is 13.2 Å². The zero-order chi connectivity index (χ0) is 47.2. The van der Waals surface area contributed by atoms with Crippen molar-refractivity contribution in [2.45, 2.75) is 322 Å². The first-order valence-corrected chi connectivity index (χ1v) is 28.8. The molecule has 0 amide bonds. The van der Waals surface area contributed by atoms with Crippen molar-refractivity contribution in [3.05, 3.63) is 24.3 Å². The van der Waals surface area contributed by atoms with Gasteiger partial charge in [0.05, 0.1) is 0 Å². The van der Waals surface area contributed by atoms with Crippen molar-refractivity contribution in [1.29, 1.82) is 0 Å². The van der Waals surface area contributed by atoms with Crippen LogP contribution in [0.25, 0.3) is 0 Å². The van der Waals surface area contributed by atoms with Crippen molar-refractivity contribution in [1.82, 2.24) is 0 Å². The van der Waals surface area contributed by atoms with E-state index in [1.165, 1.54) is 205 Å². The smallest absolute Gasteiger partial charge is 0.306 e. The minimum Gasteiger partial charge on any atom is -0.462 e. The molecule has 0 aromatic rings. The quantitative estimate of drug-likeness (QED) is 0.0262. The molecule has 0 aromatic heterocycles. The summed E-state index contributed by atoms with van der Waals surface area (Å²) in [6, 6.07) is 0. The number of unbranched alkanes of at least 4 members (excludes halogenated alkanes) is 38. The molecule has 65 heavy (non-hydrogen) atoms. The molecule has 0 N–H and O–H groups in total. The van der Waals surface area contributed by atoms with Crippen LogP contribution >= 0.6 is 0 Å². The van der Waals surface area contributed by atoms with Gasteiger partial charge in [0.2, 0.25) is 0 Å². The Hall–Kier alpha value is -2.11. The highest BCUT2D eigenvalue weighted by atomic mass is 16.6. The van der Waals surface area contributed by atoms with Crippen LogP contribution in [0.15, 0.2) is 24.3 Å². The molecule has 0 aliphatic carbocycles. The lowest BCUT2D eigenvalue weighted by Crippen LogP contribution is -2.30. The lowest BCUT2D eigenvalue weighted by atomic mass is 10.0. The second-order valence-corrected chi connectivity index (χ2v) is 19.6. The molecule has 0 saturated carbocycles. The molecule has 1 atom stereocenters. The van der Waals surface area contributed by atoms with Gasteiger partial charge in [-0.2, -0.15) is 0 Å². The van der Waals surface area contributed by atoms with E-state index < -0.39 is 6.10 Å². The average molecular weight is 916 g/mol. The molecule has 382 valence electrons. The molecule has 0 bridgehead atoms. The van der Waals surface area contributed by atoms with E-state index in [1.807, 2.05) is 0 Å². The molecular formula is C59H110O6. The molecule has 6 heteroatoms. The van der Waals surface area contributed by atoms with Gasteiger partial charge >= 0.3 is 17.9 Å². The molecule has 0 heterocycles. The van der Waals surface area contributed by atoms with E-state index in [4.69, 9.17) is 14.2 Å². The summed E-state index contributed by atoms with van der Waals surface area (Å²) < 4.78 is 16.8. The summed E-state index contributed by atoms with van der Waals surface area (Å²) in [5, 5.41) is 0. The van der Waals surface area contributed by atoms with Gasteiger partial charge in [-0.1, -0.05) is 270 Å². The summed E-state index contributed by atoms with van der Waals surface area (Å²) in [4.78, 5) is 38.0. The molecule has 0 rings (SSSR count). The molecule has 1 unspecified atom stereocenters. The third-order valence-corrected chi connectivity index (χ3v) is 13.0. The van der Waals surface area contributed by atoms with Crippen LogP contribution in [0.1, 0.15) is 316 Å². The van der Waals surface area contributed by atoms with Crippen LogP contribution in [0.3, 0.4) is 0 Å². The number of carbonyl (C=O) groups excluding carboxylic acids is 3. The Morgan fingerprint density at radius 1 is 0.308 bits per heavy atom. The van der Waals surface area contributed by atoms with Crippen LogP contribution < -0.4 is 0 Å². The van der Waals surface area contributed by atoms with Crippen molar-refractivity contribution in [3.63, 3.8) is 0 Å². The molecule has 6 nitrogen and oxygen atoms in total. The monoisotopic (exact) mass is 915 g/mol. The Balaban J connectivity index is 4.22. The Labute approximate surface area is 404 Å². The predicted octanol–water partition coefficient (Wildman–Crippen LogP) is 19.1. The number of carbonyl (C=O) groups is 3. The average Bonchev–Trinajstić information content (AvgIpc) is 3.30. The number of hydrogen-bond acceptors (Lipinski definition) is 6. The van der Waals surface area contributed by atoms with Crippen LogP contribution in [0, 0.1) is 0 Å². The summed E-state index contributed by atoms with van der Waals surface area (Å²) in [5.74, 6) is -0.861. The highest BCUT2D eigenvalue weighted by Gasteiger charge is 2.19. The van der Waals surface area contributed by atoms with Gasteiger partial charge in [0.15, 0.2) is 6.10 Å². The molecule has 0 aliphatic heterocycles. The first-order valence-electron chi connectivity index (χ1n) is 28.8. The van der Waals surface area contributed by atoms with E-state index in [9.17, 15) is 14.4 Å². The van der Waals surface area contributed by atoms with Crippen LogP contribution in [-0.4, -0.2) is 37.2 Å². The Kier molecular flexibility index (Phi) is 52.7. The third-order valence-electron chi connectivity index (χ3n) is 13.0. The SMILES string of the molecule is CCCCC/C=C\C/C=C\CCCCCCCCCC(=O)OC(COC(=O)CCCCCCCCCCC)COC(=O)CCCCCCCCCCCCCCCCCCCCCCC. The van der Waals surface area contributed by atoms with Crippen molar-refractivity contribution in [2.24, 2.45) is 0 Å². The van der Waals surface area contributed by atoms with Gasteiger partial charge in [0, 0.05) is 19.3 Å². The number of allylic oxidation sites excluding steroid dienone is 4.